The summed E-state index contributed by atoms with van der Waals surface area (Å²) in [6, 6.07) is 1.75. The first-order chi connectivity index (χ1) is 13.1. The fourth-order valence-corrected chi connectivity index (χ4v) is 4.54. The summed E-state index contributed by atoms with van der Waals surface area (Å²) < 4.78 is 7.04. The molecule has 4 heterocycles. The fourth-order valence-electron chi connectivity index (χ4n) is 4.54. The third-order valence-corrected chi connectivity index (χ3v) is 6.16. The highest BCUT2D eigenvalue weighted by Crippen LogP contribution is 2.50. The highest BCUT2D eigenvalue weighted by molar-refractivity contribution is 5.94. The van der Waals surface area contributed by atoms with Gasteiger partial charge in [-0.05, 0) is 37.2 Å². The average molecular weight is 369 g/mol. The molecule has 1 aliphatic carbocycles. The first-order valence-corrected chi connectivity index (χ1v) is 9.61. The maximum atomic E-state index is 13.3. The standard InChI is InChI=1S/C19H23N5O3/c1-23-17(21-22-19(23)26)16-14(11-2-3-11)4-6-24(16)18(25)12-8-13-10-27-7-5-15(13)20-9-12/h8-9,11,14,16H,2-7,10H2,1H3,(H,22,26). The molecule has 1 saturated carbocycles. The second kappa shape index (κ2) is 6.30. The molecule has 2 aromatic heterocycles. The SMILES string of the molecule is Cn1c(C2C(C3CC3)CCN2C(=O)c2cnc3c(c2)COCC3)n[nH]c1=O. The Morgan fingerprint density at radius 3 is 2.93 bits per heavy atom. The van der Waals surface area contributed by atoms with E-state index in [1.54, 1.807) is 13.2 Å². The van der Waals surface area contributed by atoms with Gasteiger partial charge < -0.3 is 9.64 Å². The molecule has 0 aromatic carbocycles. The van der Waals surface area contributed by atoms with Crippen LogP contribution in [0.4, 0.5) is 0 Å². The molecule has 1 N–H and O–H groups in total. The Balaban J connectivity index is 1.49. The number of aromatic nitrogens is 4. The summed E-state index contributed by atoms with van der Waals surface area (Å²) in [5, 5.41) is 6.77. The van der Waals surface area contributed by atoms with E-state index in [1.807, 2.05) is 11.0 Å². The summed E-state index contributed by atoms with van der Waals surface area (Å²) in [6.45, 7) is 1.86. The maximum absolute atomic E-state index is 13.3. The van der Waals surface area contributed by atoms with Crippen molar-refractivity contribution in [3.05, 3.63) is 45.4 Å². The van der Waals surface area contributed by atoms with Crippen LogP contribution in [0.15, 0.2) is 17.1 Å². The zero-order valence-electron chi connectivity index (χ0n) is 15.4. The van der Waals surface area contributed by atoms with Gasteiger partial charge in [0.1, 0.15) is 0 Å². The minimum absolute atomic E-state index is 0.0422. The Morgan fingerprint density at radius 2 is 2.19 bits per heavy atom. The Kier molecular flexibility index (Phi) is 3.89. The number of amides is 1. The molecule has 2 fully saturated rings. The maximum Gasteiger partial charge on any atom is 0.343 e. The van der Waals surface area contributed by atoms with Gasteiger partial charge in [0.2, 0.25) is 0 Å². The number of nitrogens with zero attached hydrogens (tertiary/aromatic N) is 4. The topological polar surface area (TPSA) is 93.1 Å². The van der Waals surface area contributed by atoms with Crippen molar-refractivity contribution in [1.29, 1.82) is 0 Å². The number of rotatable bonds is 3. The van der Waals surface area contributed by atoms with Crippen LogP contribution in [0.1, 0.15) is 52.7 Å². The summed E-state index contributed by atoms with van der Waals surface area (Å²) in [4.78, 5) is 31.6. The van der Waals surface area contributed by atoms with Crippen molar-refractivity contribution in [2.24, 2.45) is 18.9 Å². The summed E-state index contributed by atoms with van der Waals surface area (Å²) in [5.74, 6) is 1.59. The lowest BCUT2D eigenvalue weighted by Gasteiger charge is -2.28. The van der Waals surface area contributed by atoms with Crippen LogP contribution >= 0.6 is 0 Å². The highest BCUT2D eigenvalue weighted by Gasteiger charge is 2.47. The number of nitrogens with one attached hydrogen (secondary N) is 1. The molecule has 0 bridgehead atoms. The molecule has 2 unspecified atom stereocenters. The molecule has 8 heteroatoms. The monoisotopic (exact) mass is 369 g/mol. The normalized spacial score (nSPS) is 24.9. The number of likely N-dealkylation sites (tertiary alicyclic amines) is 1. The van der Waals surface area contributed by atoms with Crippen molar-refractivity contribution in [1.82, 2.24) is 24.6 Å². The molecule has 2 aromatic rings. The zero-order chi connectivity index (χ0) is 18.5. The summed E-state index contributed by atoms with van der Waals surface area (Å²) in [5.41, 5.74) is 2.35. The van der Waals surface area contributed by atoms with E-state index in [9.17, 15) is 9.59 Å². The molecule has 2 aliphatic heterocycles. The van der Waals surface area contributed by atoms with Gasteiger partial charge in [0, 0.05) is 37.5 Å². The molecular weight excluding hydrogens is 346 g/mol. The molecule has 1 amide bonds. The van der Waals surface area contributed by atoms with Gasteiger partial charge in [-0.2, -0.15) is 5.10 Å². The molecular formula is C19H23N5O3. The predicted molar refractivity (Wildman–Crippen MR) is 96.0 cm³/mol. The third-order valence-electron chi connectivity index (χ3n) is 6.16. The number of pyridine rings is 1. The fraction of sp³-hybridized carbons (Fsp3) is 0.579. The number of carbonyl (C=O) groups is 1. The van der Waals surface area contributed by atoms with Crippen LogP contribution < -0.4 is 5.69 Å². The van der Waals surface area contributed by atoms with Crippen LogP contribution in [0.2, 0.25) is 0 Å². The average Bonchev–Trinajstić information content (AvgIpc) is 3.37. The van der Waals surface area contributed by atoms with E-state index < -0.39 is 0 Å². The van der Waals surface area contributed by atoms with Crippen LogP contribution in [0.3, 0.4) is 0 Å². The predicted octanol–water partition coefficient (Wildman–Crippen LogP) is 1.19. The molecule has 2 atom stereocenters. The number of H-pyrrole nitrogens is 1. The van der Waals surface area contributed by atoms with E-state index in [-0.39, 0.29) is 17.6 Å². The quantitative estimate of drug-likeness (QED) is 0.877. The van der Waals surface area contributed by atoms with Gasteiger partial charge in [0.25, 0.3) is 5.91 Å². The van der Waals surface area contributed by atoms with Crippen LogP contribution in [-0.2, 0) is 24.8 Å². The second-order valence-corrected chi connectivity index (χ2v) is 7.81. The van der Waals surface area contributed by atoms with Gasteiger partial charge in [-0.25, -0.2) is 9.89 Å². The Labute approximate surface area is 156 Å². The largest absolute Gasteiger partial charge is 0.376 e. The smallest absolute Gasteiger partial charge is 0.343 e. The first kappa shape index (κ1) is 16.7. The van der Waals surface area contributed by atoms with Crippen molar-refractivity contribution in [2.45, 2.75) is 38.3 Å². The molecule has 5 rings (SSSR count). The van der Waals surface area contributed by atoms with Crippen molar-refractivity contribution >= 4 is 5.91 Å². The highest BCUT2D eigenvalue weighted by atomic mass is 16.5. The lowest BCUT2D eigenvalue weighted by atomic mass is 9.94. The van der Waals surface area contributed by atoms with Gasteiger partial charge in [-0.3, -0.25) is 14.3 Å². The molecule has 27 heavy (non-hydrogen) atoms. The van der Waals surface area contributed by atoms with Crippen molar-refractivity contribution in [3.63, 3.8) is 0 Å². The summed E-state index contributed by atoms with van der Waals surface area (Å²) in [7, 11) is 1.71. The van der Waals surface area contributed by atoms with Crippen LogP contribution in [0.5, 0.6) is 0 Å². The number of hydrogen-bond acceptors (Lipinski definition) is 5. The number of aromatic amines is 1. The minimum Gasteiger partial charge on any atom is -0.376 e. The first-order valence-electron chi connectivity index (χ1n) is 9.61. The minimum atomic E-state index is -0.244. The summed E-state index contributed by atoms with van der Waals surface area (Å²) >= 11 is 0. The van der Waals surface area contributed by atoms with Crippen molar-refractivity contribution in [2.75, 3.05) is 13.2 Å². The Hall–Kier alpha value is -2.48. The van der Waals surface area contributed by atoms with Crippen LogP contribution in [-0.4, -0.2) is 43.7 Å². The van der Waals surface area contributed by atoms with E-state index >= 15 is 0 Å². The Morgan fingerprint density at radius 1 is 1.33 bits per heavy atom. The van der Waals surface area contributed by atoms with E-state index in [0.29, 0.717) is 43.0 Å². The molecule has 1 saturated heterocycles. The van der Waals surface area contributed by atoms with Gasteiger partial charge in [0.15, 0.2) is 5.82 Å². The van der Waals surface area contributed by atoms with E-state index in [1.165, 1.54) is 17.4 Å². The van der Waals surface area contributed by atoms with Crippen LogP contribution in [0.25, 0.3) is 0 Å². The van der Waals surface area contributed by atoms with Gasteiger partial charge in [0.05, 0.1) is 24.8 Å². The van der Waals surface area contributed by atoms with Crippen molar-refractivity contribution in [3.8, 4) is 0 Å². The lowest BCUT2D eigenvalue weighted by Crippen LogP contribution is -2.35. The molecule has 0 spiro atoms. The van der Waals surface area contributed by atoms with E-state index in [0.717, 1.165) is 24.1 Å². The van der Waals surface area contributed by atoms with E-state index in [4.69, 9.17) is 4.74 Å². The van der Waals surface area contributed by atoms with E-state index in [2.05, 4.69) is 15.2 Å². The summed E-state index contributed by atoms with van der Waals surface area (Å²) in [6.07, 6.45) is 5.80. The second-order valence-electron chi connectivity index (χ2n) is 7.81. The molecule has 8 nitrogen and oxygen atoms in total. The van der Waals surface area contributed by atoms with Crippen LogP contribution in [0, 0.1) is 11.8 Å². The molecule has 3 aliphatic rings. The zero-order valence-corrected chi connectivity index (χ0v) is 15.4. The molecule has 142 valence electrons. The van der Waals surface area contributed by atoms with Crippen molar-refractivity contribution < 1.29 is 9.53 Å². The number of carbonyl (C=O) groups excluding carboxylic acids is 1. The van der Waals surface area contributed by atoms with Gasteiger partial charge in [-0.1, -0.05) is 0 Å². The number of ether oxygens (including phenoxy) is 1. The third kappa shape index (κ3) is 2.79. The molecule has 0 radical (unpaired) electrons. The Bertz CT molecular complexity index is 945. The number of fused-ring (bicyclic) bond motifs is 1. The lowest BCUT2D eigenvalue weighted by molar-refractivity contribution is 0.0700. The number of hydrogen-bond donors (Lipinski definition) is 1. The van der Waals surface area contributed by atoms with Gasteiger partial charge >= 0.3 is 5.69 Å². The van der Waals surface area contributed by atoms with Gasteiger partial charge in [-0.15, -0.1) is 0 Å².